The van der Waals surface area contributed by atoms with Crippen LogP contribution in [-0.4, -0.2) is 29.8 Å². The molecule has 0 aromatic rings. The summed E-state index contributed by atoms with van der Waals surface area (Å²) in [6, 6.07) is 0. The Balaban J connectivity index is 3.30. The third-order valence-corrected chi connectivity index (χ3v) is 6.25. The van der Waals surface area contributed by atoms with Crippen molar-refractivity contribution < 1.29 is 14.7 Å². The van der Waals surface area contributed by atoms with Gasteiger partial charge in [-0.05, 0) is 0 Å². The van der Waals surface area contributed by atoms with E-state index in [1.165, 1.54) is 0 Å². The van der Waals surface area contributed by atoms with Gasteiger partial charge in [-0.1, -0.05) is 67.8 Å². The Labute approximate surface area is 101 Å². The van der Waals surface area contributed by atoms with Gasteiger partial charge >= 0.3 is 7.32 Å². The first-order chi connectivity index (χ1) is 4.54. The maximum atomic E-state index is 8.31. The second-order valence-corrected chi connectivity index (χ2v) is 8.18. The van der Waals surface area contributed by atoms with E-state index in [-0.39, 0.29) is 0 Å². The first kappa shape index (κ1) is 12.1. The van der Waals surface area contributed by atoms with E-state index in [0.717, 1.165) is 0 Å². The summed E-state index contributed by atoms with van der Waals surface area (Å²) >= 11 is 6.70. The molecule has 0 rings (SSSR count). The molecule has 1 unspecified atom stereocenters. The fraction of sp³-hybridized carbons (Fsp3) is 1.00. The van der Waals surface area contributed by atoms with Crippen LogP contribution >= 0.6 is 67.8 Å². The van der Waals surface area contributed by atoms with E-state index in [9.17, 15) is 0 Å². The van der Waals surface area contributed by atoms with E-state index < -0.39 is 7.32 Å². The van der Waals surface area contributed by atoms with Gasteiger partial charge in [0, 0.05) is 6.61 Å². The minimum absolute atomic E-state index is 0.306. The van der Waals surface area contributed by atoms with Crippen molar-refractivity contribution in [3.8, 4) is 0 Å². The van der Waals surface area contributed by atoms with Crippen LogP contribution in [-0.2, 0) is 4.65 Å². The quantitative estimate of drug-likeness (QED) is 0.358. The second-order valence-electron chi connectivity index (χ2n) is 1.51. The van der Waals surface area contributed by atoms with Crippen LogP contribution in [0.5, 0.6) is 0 Å². The Morgan fingerprint density at radius 3 is 2.10 bits per heavy atom. The molecule has 0 aliphatic rings. The van der Waals surface area contributed by atoms with Gasteiger partial charge in [-0.3, -0.25) is 0 Å². The Morgan fingerprint density at radius 1 is 1.30 bits per heavy atom. The Kier molecular flexibility index (Phi) is 8.04. The van der Waals surface area contributed by atoms with Crippen molar-refractivity contribution in [2.24, 2.45) is 0 Å². The zero-order chi connectivity index (χ0) is 8.15. The molecule has 0 spiro atoms. The maximum absolute atomic E-state index is 8.31. The Bertz CT molecular complexity index is 91.1. The van der Waals surface area contributed by atoms with Gasteiger partial charge < -0.3 is 14.7 Å². The van der Waals surface area contributed by atoms with Crippen LogP contribution in [0.4, 0.5) is 0 Å². The highest BCUT2D eigenvalue weighted by Gasteiger charge is 2.16. The Hall–Kier alpha value is 2.13. The van der Waals surface area contributed by atoms with Crippen molar-refractivity contribution in [2.45, 2.75) is 5.86 Å². The smallest absolute Gasteiger partial charge is 0.402 e. The van der Waals surface area contributed by atoms with Crippen molar-refractivity contribution in [1.82, 2.24) is 0 Å². The number of halogens is 3. The third kappa shape index (κ3) is 6.82. The van der Waals surface area contributed by atoms with Crippen molar-refractivity contribution in [3.05, 3.63) is 0 Å². The van der Waals surface area contributed by atoms with Gasteiger partial charge in [0.15, 0.2) is 0 Å². The maximum Gasteiger partial charge on any atom is 0.633 e. The van der Waals surface area contributed by atoms with Crippen LogP contribution < -0.4 is 0 Å². The molecule has 0 heterocycles. The molecular formula is C3H6BI3O3. The van der Waals surface area contributed by atoms with E-state index in [4.69, 9.17) is 10.0 Å². The van der Waals surface area contributed by atoms with Crippen molar-refractivity contribution in [2.75, 3.05) is 6.61 Å². The third-order valence-electron chi connectivity index (χ3n) is 0.678. The fourth-order valence-corrected chi connectivity index (χ4v) is 0.874. The number of hydrogen-bond donors (Lipinski definition) is 2. The van der Waals surface area contributed by atoms with Crippen LogP contribution in [0.15, 0.2) is 0 Å². The molecule has 2 N–H and O–H groups in total. The van der Waals surface area contributed by atoms with E-state index in [1.807, 2.05) is 0 Å². The molecule has 0 fully saturated rings. The highest BCUT2D eigenvalue weighted by molar-refractivity contribution is 14.2. The zero-order valence-electron chi connectivity index (χ0n) is 4.88. The lowest BCUT2D eigenvalue weighted by Crippen LogP contribution is -2.24. The molecule has 0 radical (unpaired) electrons. The molecule has 10 heavy (non-hydrogen) atoms. The SMILES string of the molecule is OB(O)OCC(I)C(I)I. The van der Waals surface area contributed by atoms with E-state index in [1.54, 1.807) is 0 Å². The lowest BCUT2D eigenvalue weighted by atomic mass is 10.2. The summed E-state index contributed by atoms with van der Waals surface area (Å²) in [6.45, 7) is 0.370. The molecule has 0 aromatic carbocycles. The summed E-state index contributed by atoms with van der Waals surface area (Å²) in [5.74, 6) is 0. The molecular weight excluding hydrogens is 476 g/mol. The molecule has 0 aromatic heterocycles. The topological polar surface area (TPSA) is 49.7 Å². The predicted molar refractivity (Wildman–Crippen MR) is 65.8 cm³/mol. The van der Waals surface area contributed by atoms with Crippen LogP contribution in [0.1, 0.15) is 0 Å². The van der Waals surface area contributed by atoms with Crippen LogP contribution in [0.2, 0.25) is 0 Å². The van der Waals surface area contributed by atoms with Crippen molar-refractivity contribution >= 4 is 75.1 Å². The summed E-state index contributed by atoms with van der Waals surface area (Å²) < 4.78 is 5.30. The van der Waals surface area contributed by atoms with Gasteiger partial charge in [0.1, 0.15) is 0 Å². The molecule has 1 atom stereocenters. The summed E-state index contributed by atoms with van der Waals surface area (Å²) in [4.78, 5) is 0. The molecule has 0 amide bonds. The van der Waals surface area contributed by atoms with Crippen LogP contribution in [0.3, 0.4) is 0 Å². The average molecular weight is 482 g/mol. The average Bonchev–Trinajstić information content (AvgIpc) is 1.82. The molecule has 3 nitrogen and oxygen atoms in total. The molecule has 0 aliphatic carbocycles. The molecule has 60 valence electrons. The lowest BCUT2D eigenvalue weighted by Gasteiger charge is -2.10. The zero-order valence-corrected chi connectivity index (χ0v) is 11.3. The highest BCUT2D eigenvalue weighted by atomic mass is 127. The minimum Gasteiger partial charge on any atom is -0.402 e. The summed E-state index contributed by atoms with van der Waals surface area (Å²) in [7, 11) is -1.64. The van der Waals surface area contributed by atoms with Crippen molar-refractivity contribution in [1.29, 1.82) is 0 Å². The van der Waals surface area contributed by atoms with E-state index in [0.29, 0.717) is 12.5 Å². The predicted octanol–water partition coefficient (Wildman–Crippen LogP) is 0.972. The monoisotopic (exact) mass is 482 g/mol. The van der Waals surface area contributed by atoms with Crippen LogP contribution in [0, 0.1) is 0 Å². The van der Waals surface area contributed by atoms with Gasteiger partial charge in [0.05, 0.1) is 5.86 Å². The summed E-state index contributed by atoms with van der Waals surface area (Å²) in [5, 5.41) is 16.6. The van der Waals surface area contributed by atoms with E-state index in [2.05, 4.69) is 72.4 Å². The van der Waals surface area contributed by atoms with Gasteiger partial charge in [-0.15, -0.1) is 0 Å². The first-order valence-electron chi connectivity index (χ1n) is 2.44. The highest BCUT2D eigenvalue weighted by Crippen LogP contribution is 2.21. The Morgan fingerprint density at radius 2 is 1.80 bits per heavy atom. The lowest BCUT2D eigenvalue weighted by molar-refractivity contribution is 0.191. The van der Waals surface area contributed by atoms with Gasteiger partial charge in [-0.25, -0.2) is 0 Å². The second kappa shape index (κ2) is 6.63. The minimum atomic E-state index is -1.64. The standard InChI is InChI=1S/C3H6BI3O3/c5-2(3(6)7)1-10-4(8)9/h2-3,8-9H,1H2. The molecule has 0 saturated carbocycles. The van der Waals surface area contributed by atoms with Gasteiger partial charge in [-0.2, -0.15) is 0 Å². The van der Waals surface area contributed by atoms with E-state index >= 15 is 0 Å². The van der Waals surface area contributed by atoms with Crippen LogP contribution in [0.25, 0.3) is 0 Å². The molecule has 0 saturated heterocycles. The first-order valence-corrected chi connectivity index (χ1v) is 6.17. The molecule has 7 heteroatoms. The molecule has 0 aliphatic heterocycles. The van der Waals surface area contributed by atoms with Crippen molar-refractivity contribution in [3.63, 3.8) is 0 Å². The summed E-state index contributed by atoms with van der Waals surface area (Å²) in [5.41, 5.74) is 0. The van der Waals surface area contributed by atoms with Gasteiger partial charge in [0.2, 0.25) is 0 Å². The summed E-state index contributed by atoms with van der Waals surface area (Å²) in [6.07, 6.45) is 0. The molecule has 0 bridgehead atoms. The van der Waals surface area contributed by atoms with Gasteiger partial charge in [0.25, 0.3) is 0 Å². The number of alkyl halides is 3. The fourth-order valence-electron chi connectivity index (χ4n) is 0.251. The largest absolute Gasteiger partial charge is 0.633 e. The number of rotatable bonds is 4. The number of hydrogen-bond acceptors (Lipinski definition) is 3. The normalized spacial score (nSPS) is 13.8.